The maximum atomic E-state index is 13.0. The Morgan fingerprint density at radius 1 is 1.17 bits per heavy atom. The molecule has 2 nitrogen and oxygen atoms in total. The minimum atomic E-state index is -4.29. The van der Waals surface area contributed by atoms with Gasteiger partial charge in [0.2, 0.25) is 0 Å². The predicted molar refractivity (Wildman–Crippen MR) is 90.3 cm³/mol. The molecular formula is C19H28F3NO. The summed E-state index contributed by atoms with van der Waals surface area (Å²) >= 11 is 0. The summed E-state index contributed by atoms with van der Waals surface area (Å²) in [6.07, 6.45) is -1.43. The van der Waals surface area contributed by atoms with Crippen LogP contribution in [-0.4, -0.2) is 37.2 Å². The Balaban J connectivity index is 2.24. The van der Waals surface area contributed by atoms with Gasteiger partial charge < -0.3 is 9.64 Å². The minimum Gasteiger partial charge on any atom is -0.374 e. The van der Waals surface area contributed by atoms with Crippen molar-refractivity contribution < 1.29 is 17.9 Å². The molecule has 0 unspecified atom stereocenters. The number of benzene rings is 1. The lowest BCUT2D eigenvalue weighted by molar-refractivity contribution is -0.137. The standard InChI is InChI=1S/C19H28F3NO/c1-12(2)24-18-9-7-14(10-17(18)23(4)5)16-11-15(19(20,21)22)8-6-13(16)3/h6,8,11-12,14,17-18H,7,9-10H2,1-5H3/t14-,17-,18-/m0/s1. The molecule has 0 radical (unpaired) electrons. The predicted octanol–water partition coefficient (Wildman–Crippen LogP) is 5.01. The summed E-state index contributed by atoms with van der Waals surface area (Å²) in [5.41, 5.74) is 1.22. The van der Waals surface area contributed by atoms with E-state index in [1.165, 1.54) is 12.1 Å². The first-order valence-electron chi connectivity index (χ1n) is 8.59. The molecule has 24 heavy (non-hydrogen) atoms. The Morgan fingerprint density at radius 2 is 1.83 bits per heavy atom. The van der Waals surface area contributed by atoms with Crippen LogP contribution in [0.3, 0.4) is 0 Å². The van der Waals surface area contributed by atoms with Crippen molar-refractivity contribution in [2.45, 2.75) is 70.4 Å². The van der Waals surface area contributed by atoms with Crippen LogP contribution in [0.5, 0.6) is 0 Å². The van der Waals surface area contributed by atoms with Crippen LogP contribution < -0.4 is 0 Å². The number of likely N-dealkylation sites (N-methyl/N-ethyl adjacent to an activating group) is 1. The fourth-order valence-electron chi connectivity index (χ4n) is 3.71. The number of hydrogen-bond acceptors (Lipinski definition) is 2. The third kappa shape index (κ3) is 4.51. The molecule has 0 spiro atoms. The summed E-state index contributed by atoms with van der Waals surface area (Å²) in [7, 11) is 4.03. The Bertz CT molecular complexity index is 554. The molecule has 0 saturated heterocycles. The van der Waals surface area contributed by atoms with Crippen LogP contribution in [0.25, 0.3) is 0 Å². The second kappa shape index (κ2) is 7.44. The summed E-state index contributed by atoms with van der Waals surface area (Å²) in [5.74, 6) is 0.145. The zero-order valence-corrected chi connectivity index (χ0v) is 15.2. The number of alkyl halides is 3. The highest BCUT2D eigenvalue weighted by Gasteiger charge is 2.36. The summed E-state index contributed by atoms with van der Waals surface area (Å²) in [4.78, 5) is 2.14. The Kier molecular flexibility index (Phi) is 5.97. The van der Waals surface area contributed by atoms with E-state index in [1.807, 2.05) is 34.9 Å². The van der Waals surface area contributed by atoms with Crippen molar-refractivity contribution in [2.24, 2.45) is 0 Å². The van der Waals surface area contributed by atoms with Crippen molar-refractivity contribution in [3.8, 4) is 0 Å². The van der Waals surface area contributed by atoms with Gasteiger partial charge in [-0.1, -0.05) is 6.07 Å². The fourth-order valence-corrected chi connectivity index (χ4v) is 3.71. The van der Waals surface area contributed by atoms with Crippen LogP contribution in [0.15, 0.2) is 18.2 Å². The van der Waals surface area contributed by atoms with Crippen LogP contribution in [-0.2, 0) is 10.9 Å². The van der Waals surface area contributed by atoms with Gasteiger partial charge in [-0.15, -0.1) is 0 Å². The number of halogens is 3. The molecular weight excluding hydrogens is 315 g/mol. The second-order valence-electron chi connectivity index (χ2n) is 7.33. The molecule has 1 aromatic carbocycles. The van der Waals surface area contributed by atoms with E-state index in [0.29, 0.717) is 0 Å². The molecule has 136 valence electrons. The summed E-state index contributed by atoms with van der Waals surface area (Å²) < 4.78 is 45.2. The summed E-state index contributed by atoms with van der Waals surface area (Å²) in [5, 5.41) is 0. The van der Waals surface area contributed by atoms with Gasteiger partial charge in [0, 0.05) is 6.04 Å². The summed E-state index contributed by atoms with van der Waals surface area (Å²) in [6, 6.07) is 4.34. The van der Waals surface area contributed by atoms with E-state index >= 15 is 0 Å². The maximum absolute atomic E-state index is 13.0. The van der Waals surface area contributed by atoms with Crippen LogP contribution in [0.4, 0.5) is 13.2 Å². The van der Waals surface area contributed by atoms with Gasteiger partial charge in [0.15, 0.2) is 0 Å². The molecule has 0 bridgehead atoms. The third-order valence-corrected chi connectivity index (χ3v) is 4.91. The lowest BCUT2D eigenvalue weighted by Crippen LogP contribution is -2.45. The maximum Gasteiger partial charge on any atom is 0.416 e. The van der Waals surface area contributed by atoms with Gasteiger partial charge in [0.05, 0.1) is 17.8 Å². The molecule has 0 aliphatic heterocycles. The molecule has 1 fully saturated rings. The van der Waals surface area contributed by atoms with Crippen molar-refractivity contribution in [2.75, 3.05) is 14.1 Å². The van der Waals surface area contributed by atoms with Gasteiger partial charge >= 0.3 is 6.18 Å². The molecule has 3 atom stereocenters. The average molecular weight is 343 g/mol. The van der Waals surface area contributed by atoms with Crippen molar-refractivity contribution in [3.05, 3.63) is 34.9 Å². The van der Waals surface area contributed by atoms with Gasteiger partial charge in [0.25, 0.3) is 0 Å². The van der Waals surface area contributed by atoms with Crippen LogP contribution >= 0.6 is 0 Å². The van der Waals surface area contributed by atoms with E-state index < -0.39 is 11.7 Å². The first-order chi connectivity index (χ1) is 11.1. The SMILES string of the molecule is Cc1ccc(C(F)(F)F)cc1[C@H]1CC[C@H](OC(C)C)[C@@H](N(C)C)C1. The number of ether oxygens (including phenoxy) is 1. The molecule has 1 aromatic rings. The van der Waals surface area contributed by atoms with E-state index in [4.69, 9.17) is 4.74 Å². The van der Waals surface area contributed by atoms with Gasteiger partial charge in [-0.05, 0) is 83.3 Å². The molecule has 0 aromatic heterocycles. The highest BCUT2D eigenvalue weighted by Crippen LogP contribution is 2.40. The Labute approximate surface area is 143 Å². The van der Waals surface area contributed by atoms with E-state index in [1.54, 1.807) is 6.07 Å². The lowest BCUT2D eigenvalue weighted by atomic mass is 9.77. The minimum absolute atomic E-state index is 0.141. The first kappa shape index (κ1) is 19.3. The monoisotopic (exact) mass is 343 g/mol. The number of aryl methyl sites for hydroxylation is 1. The highest BCUT2D eigenvalue weighted by molar-refractivity contribution is 5.35. The molecule has 1 saturated carbocycles. The summed E-state index contributed by atoms with van der Waals surface area (Å²) in [6.45, 7) is 5.95. The quantitative estimate of drug-likeness (QED) is 0.762. The van der Waals surface area contributed by atoms with Gasteiger partial charge in [-0.25, -0.2) is 0 Å². The fraction of sp³-hybridized carbons (Fsp3) is 0.684. The number of rotatable bonds is 4. The van der Waals surface area contributed by atoms with Gasteiger partial charge in [0.1, 0.15) is 0 Å². The van der Waals surface area contributed by atoms with E-state index in [9.17, 15) is 13.2 Å². The lowest BCUT2D eigenvalue weighted by Gasteiger charge is -2.41. The zero-order valence-electron chi connectivity index (χ0n) is 15.2. The van der Waals surface area contributed by atoms with Crippen LogP contribution in [0.1, 0.15) is 55.7 Å². The third-order valence-electron chi connectivity index (χ3n) is 4.91. The van der Waals surface area contributed by atoms with Gasteiger partial charge in [-0.3, -0.25) is 0 Å². The molecule has 0 heterocycles. The highest BCUT2D eigenvalue weighted by atomic mass is 19.4. The van der Waals surface area contributed by atoms with Gasteiger partial charge in [-0.2, -0.15) is 13.2 Å². The second-order valence-corrected chi connectivity index (χ2v) is 7.33. The average Bonchev–Trinajstić information content (AvgIpc) is 2.46. The van der Waals surface area contributed by atoms with E-state index in [0.717, 1.165) is 30.4 Å². The van der Waals surface area contributed by atoms with E-state index in [-0.39, 0.29) is 24.2 Å². The first-order valence-corrected chi connectivity index (χ1v) is 8.59. The molecule has 2 rings (SSSR count). The van der Waals surface area contributed by atoms with Crippen molar-refractivity contribution >= 4 is 0 Å². The molecule has 1 aliphatic rings. The van der Waals surface area contributed by atoms with Crippen LogP contribution in [0.2, 0.25) is 0 Å². The van der Waals surface area contributed by atoms with Crippen molar-refractivity contribution in [1.82, 2.24) is 4.90 Å². The largest absolute Gasteiger partial charge is 0.416 e. The van der Waals surface area contributed by atoms with Crippen molar-refractivity contribution in [1.29, 1.82) is 0 Å². The topological polar surface area (TPSA) is 12.5 Å². The Hall–Kier alpha value is -1.07. The number of hydrogen-bond donors (Lipinski definition) is 0. The molecule has 5 heteroatoms. The molecule has 1 aliphatic carbocycles. The molecule has 0 N–H and O–H groups in total. The number of nitrogens with zero attached hydrogens (tertiary/aromatic N) is 1. The van der Waals surface area contributed by atoms with E-state index in [2.05, 4.69) is 4.90 Å². The smallest absolute Gasteiger partial charge is 0.374 e. The Morgan fingerprint density at radius 3 is 2.38 bits per heavy atom. The zero-order chi connectivity index (χ0) is 18.1. The normalized spacial score (nSPS) is 25.5. The molecule has 0 amide bonds. The van der Waals surface area contributed by atoms with Crippen LogP contribution in [0, 0.1) is 6.92 Å². The van der Waals surface area contributed by atoms with Crippen molar-refractivity contribution in [3.63, 3.8) is 0 Å².